The molecule has 2 N–H and O–H groups in total. The van der Waals surface area contributed by atoms with Gasteiger partial charge in [0.15, 0.2) is 0 Å². The summed E-state index contributed by atoms with van der Waals surface area (Å²) in [5.41, 5.74) is 2.07. The van der Waals surface area contributed by atoms with Crippen LogP contribution in [0.5, 0.6) is 5.75 Å². The second-order valence-electron chi connectivity index (χ2n) is 10.3. The van der Waals surface area contributed by atoms with Gasteiger partial charge in [-0.1, -0.05) is 44.2 Å². The lowest BCUT2D eigenvalue weighted by molar-refractivity contribution is -0.192. The number of halogens is 4. The maximum atomic E-state index is 13.2. The van der Waals surface area contributed by atoms with Gasteiger partial charge in [0.25, 0.3) is 0 Å². The molecule has 208 valence electrons. The summed E-state index contributed by atoms with van der Waals surface area (Å²) in [5.74, 6) is -1.27. The zero-order valence-corrected chi connectivity index (χ0v) is 21.6. The number of likely N-dealkylation sites (tertiary alicyclic amines) is 1. The molecule has 1 atom stereocenters. The minimum atomic E-state index is -5.08. The van der Waals surface area contributed by atoms with Crippen molar-refractivity contribution in [1.29, 1.82) is 0 Å². The Labute approximate surface area is 220 Å². The van der Waals surface area contributed by atoms with Gasteiger partial charge in [0.1, 0.15) is 17.2 Å². The van der Waals surface area contributed by atoms with Gasteiger partial charge in [-0.25, -0.2) is 9.18 Å². The van der Waals surface area contributed by atoms with Crippen LogP contribution in [0.25, 0.3) is 0 Å². The number of ether oxygens (including phenoxy) is 1. The first-order valence-electron chi connectivity index (χ1n) is 12.7. The molecule has 2 aromatic rings. The van der Waals surface area contributed by atoms with Gasteiger partial charge in [-0.05, 0) is 54.5 Å². The number of carboxylic acid groups (broad SMARTS) is 1. The standard InChI is InChI=1S/C26H33FN2O2.C2HF3O2/c1-19(2)17-28-25(30)15-21-16-26(31-24-6-4-3-5-23(21)24)11-13-29(14-12-26)18-20-7-9-22(27)10-8-20;3-2(4,5)1(6)7/h3-10,19,21H,11-18H2,1-2H3,(H,28,30);(H,6,7). The lowest BCUT2D eigenvalue weighted by atomic mass is 9.76. The molecule has 0 aliphatic carbocycles. The van der Waals surface area contributed by atoms with E-state index in [1.165, 1.54) is 12.1 Å². The molecule has 4 rings (SSSR count). The first-order chi connectivity index (χ1) is 17.9. The molecule has 38 heavy (non-hydrogen) atoms. The fraction of sp³-hybridized carbons (Fsp3) is 0.500. The maximum Gasteiger partial charge on any atom is 0.490 e. The van der Waals surface area contributed by atoms with Crippen LogP contribution in [0, 0.1) is 11.7 Å². The number of aliphatic carboxylic acids is 1. The highest BCUT2D eigenvalue weighted by Gasteiger charge is 2.43. The number of hydrogen-bond donors (Lipinski definition) is 2. The number of carboxylic acids is 1. The van der Waals surface area contributed by atoms with E-state index in [0.717, 1.165) is 55.8 Å². The SMILES string of the molecule is CC(C)CNC(=O)CC1CC2(CCN(Cc3ccc(F)cc3)CC2)Oc2ccccc21.O=C(O)C(F)(F)F. The molecular weight excluding hydrogens is 504 g/mol. The quantitative estimate of drug-likeness (QED) is 0.474. The predicted molar refractivity (Wildman–Crippen MR) is 134 cm³/mol. The van der Waals surface area contributed by atoms with Gasteiger partial charge >= 0.3 is 12.1 Å². The molecule has 1 unspecified atom stereocenters. The number of amides is 1. The van der Waals surface area contributed by atoms with Crippen molar-refractivity contribution in [2.75, 3.05) is 19.6 Å². The molecule has 2 aromatic carbocycles. The zero-order valence-electron chi connectivity index (χ0n) is 21.6. The third-order valence-corrected chi connectivity index (χ3v) is 6.77. The summed E-state index contributed by atoms with van der Waals surface area (Å²) in [7, 11) is 0. The normalized spacial score (nSPS) is 18.7. The number of piperidine rings is 1. The average Bonchev–Trinajstić information content (AvgIpc) is 2.85. The van der Waals surface area contributed by atoms with E-state index >= 15 is 0 Å². The van der Waals surface area contributed by atoms with E-state index < -0.39 is 12.1 Å². The second kappa shape index (κ2) is 12.6. The first-order valence-corrected chi connectivity index (χ1v) is 12.7. The largest absolute Gasteiger partial charge is 0.490 e. The molecule has 6 nitrogen and oxygen atoms in total. The third kappa shape index (κ3) is 8.44. The van der Waals surface area contributed by atoms with Gasteiger partial charge in [0.05, 0.1) is 0 Å². The fourth-order valence-corrected chi connectivity index (χ4v) is 4.81. The Kier molecular flexibility index (Phi) is 9.76. The Balaban J connectivity index is 0.000000505. The topological polar surface area (TPSA) is 78.9 Å². The molecule has 10 heteroatoms. The van der Waals surface area contributed by atoms with Crippen LogP contribution in [-0.4, -0.2) is 53.3 Å². The van der Waals surface area contributed by atoms with E-state index in [1.54, 1.807) is 0 Å². The van der Waals surface area contributed by atoms with E-state index in [0.29, 0.717) is 18.9 Å². The van der Waals surface area contributed by atoms with Crippen molar-refractivity contribution in [2.45, 2.75) is 63.8 Å². The summed E-state index contributed by atoms with van der Waals surface area (Å²) in [6.45, 7) is 7.64. The van der Waals surface area contributed by atoms with Crippen molar-refractivity contribution in [3.63, 3.8) is 0 Å². The Morgan fingerprint density at radius 2 is 1.71 bits per heavy atom. The van der Waals surface area contributed by atoms with Crippen molar-refractivity contribution in [1.82, 2.24) is 10.2 Å². The Hall–Kier alpha value is -3.14. The monoisotopic (exact) mass is 538 g/mol. The van der Waals surface area contributed by atoms with Gasteiger partial charge in [0.2, 0.25) is 5.91 Å². The molecule has 0 aromatic heterocycles. The molecule has 1 fully saturated rings. The zero-order chi connectivity index (χ0) is 27.9. The minimum Gasteiger partial charge on any atom is -0.487 e. The summed E-state index contributed by atoms with van der Waals surface area (Å²) in [4.78, 5) is 23.9. The molecule has 2 heterocycles. The van der Waals surface area contributed by atoms with E-state index in [2.05, 4.69) is 30.1 Å². The lowest BCUT2D eigenvalue weighted by Gasteiger charge is -2.47. The van der Waals surface area contributed by atoms with Crippen LogP contribution in [0.4, 0.5) is 17.6 Å². The van der Waals surface area contributed by atoms with Crippen molar-refractivity contribution < 1.29 is 37.0 Å². The number of para-hydroxylation sites is 1. The number of benzene rings is 2. The predicted octanol–water partition coefficient (Wildman–Crippen LogP) is 5.52. The fourth-order valence-electron chi connectivity index (χ4n) is 4.81. The van der Waals surface area contributed by atoms with Crippen molar-refractivity contribution in [3.8, 4) is 5.75 Å². The molecule has 0 saturated carbocycles. The Bertz CT molecular complexity index is 1080. The van der Waals surface area contributed by atoms with Gasteiger partial charge in [-0.3, -0.25) is 9.69 Å². The molecule has 2 aliphatic rings. The number of nitrogens with one attached hydrogen (secondary N) is 1. The minimum absolute atomic E-state index is 0.124. The lowest BCUT2D eigenvalue weighted by Crippen LogP contribution is -2.50. The summed E-state index contributed by atoms with van der Waals surface area (Å²) >= 11 is 0. The highest BCUT2D eigenvalue weighted by Crippen LogP contribution is 2.46. The van der Waals surface area contributed by atoms with E-state index in [-0.39, 0.29) is 23.2 Å². The third-order valence-electron chi connectivity index (χ3n) is 6.77. The van der Waals surface area contributed by atoms with Crippen molar-refractivity contribution in [3.05, 3.63) is 65.5 Å². The van der Waals surface area contributed by atoms with Crippen LogP contribution in [0.2, 0.25) is 0 Å². The van der Waals surface area contributed by atoms with Crippen molar-refractivity contribution in [2.24, 2.45) is 5.92 Å². The maximum absolute atomic E-state index is 13.2. The summed E-state index contributed by atoms with van der Waals surface area (Å²) in [6, 6.07) is 15.0. The number of fused-ring (bicyclic) bond motifs is 1. The molecular formula is C28H34F4N2O4. The van der Waals surface area contributed by atoms with Gasteiger partial charge in [-0.2, -0.15) is 13.2 Å². The smallest absolute Gasteiger partial charge is 0.487 e. The first kappa shape index (κ1) is 29.4. The summed E-state index contributed by atoms with van der Waals surface area (Å²) < 4.78 is 51.5. The number of carbonyl (C=O) groups is 2. The highest BCUT2D eigenvalue weighted by atomic mass is 19.4. The number of rotatable bonds is 6. The number of hydrogen-bond acceptors (Lipinski definition) is 4. The summed E-state index contributed by atoms with van der Waals surface area (Å²) in [5, 5.41) is 10.2. The molecule has 0 radical (unpaired) electrons. The number of nitrogens with zero attached hydrogens (tertiary/aromatic N) is 1. The van der Waals surface area contributed by atoms with Crippen LogP contribution < -0.4 is 10.1 Å². The Morgan fingerprint density at radius 3 is 2.29 bits per heavy atom. The number of alkyl halides is 3. The van der Waals surface area contributed by atoms with Gasteiger partial charge in [-0.15, -0.1) is 0 Å². The van der Waals surface area contributed by atoms with E-state index in [4.69, 9.17) is 14.6 Å². The molecule has 1 saturated heterocycles. The Morgan fingerprint density at radius 1 is 1.11 bits per heavy atom. The van der Waals surface area contributed by atoms with E-state index in [1.807, 2.05) is 30.3 Å². The molecule has 1 amide bonds. The molecule has 2 aliphatic heterocycles. The molecule has 0 bridgehead atoms. The van der Waals surface area contributed by atoms with Gasteiger partial charge < -0.3 is 15.2 Å². The van der Waals surface area contributed by atoms with Crippen molar-refractivity contribution >= 4 is 11.9 Å². The van der Waals surface area contributed by atoms with Crippen LogP contribution in [0.15, 0.2) is 48.5 Å². The van der Waals surface area contributed by atoms with Crippen LogP contribution >= 0.6 is 0 Å². The number of carbonyl (C=O) groups excluding carboxylic acids is 1. The second-order valence-corrected chi connectivity index (χ2v) is 10.3. The molecule has 1 spiro atoms. The summed E-state index contributed by atoms with van der Waals surface area (Å²) in [6.07, 6.45) is -1.82. The highest BCUT2D eigenvalue weighted by molar-refractivity contribution is 5.77. The van der Waals surface area contributed by atoms with Crippen LogP contribution in [0.3, 0.4) is 0 Å². The average molecular weight is 539 g/mol. The van der Waals surface area contributed by atoms with Crippen LogP contribution in [0.1, 0.15) is 56.6 Å². The van der Waals surface area contributed by atoms with Crippen LogP contribution in [-0.2, 0) is 16.1 Å². The van der Waals surface area contributed by atoms with Gasteiger partial charge in [0, 0.05) is 38.5 Å². The van der Waals surface area contributed by atoms with E-state index in [9.17, 15) is 22.4 Å².